The molecule has 1 aromatic heterocycles. The minimum absolute atomic E-state index is 0.715. The summed E-state index contributed by atoms with van der Waals surface area (Å²) in [5, 5.41) is 4.47. The molecule has 1 aromatic carbocycles. The molecule has 0 radical (unpaired) electrons. The number of benzene rings is 1. The number of fused-ring (bicyclic) bond motifs is 3. The van der Waals surface area contributed by atoms with E-state index in [2.05, 4.69) is 16.4 Å². The van der Waals surface area contributed by atoms with Gasteiger partial charge in [0.2, 0.25) is 0 Å². The van der Waals surface area contributed by atoms with Crippen LogP contribution in [0, 0.1) is 0 Å². The highest BCUT2D eigenvalue weighted by Gasteiger charge is 2.12. The Morgan fingerprint density at radius 1 is 1.29 bits per heavy atom. The summed E-state index contributed by atoms with van der Waals surface area (Å²) in [6.07, 6.45) is 1.78. The molecule has 0 saturated carbocycles. The summed E-state index contributed by atoms with van der Waals surface area (Å²) in [4.78, 5) is 4.33. The van der Waals surface area contributed by atoms with Crippen LogP contribution < -0.4 is 10.1 Å². The van der Waals surface area contributed by atoms with Crippen LogP contribution in [-0.2, 0) is 0 Å². The van der Waals surface area contributed by atoms with Crippen molar-refractivity contribution in [2.45, 2.75) is 0 Å². The monoisotopic (exact) mass is 186 g/mol. The van der Waals surface area contributed by atoms with Crippen LogP contribution in [0.25, 0.3) is 10.9 Å². The van der Waals surface area contributed by atoms with Crippen molar-refractivity contribution < 1.29 is 4.74 Å². The minimum Gasteiger partial charge on any atom is -0.488 e. The average molecular weight is 186 g/mol. The number of ether oxygens (including phenoxy) is 1. The Bertz CT molecular complexity index is 482. The van der Waals surface area contributed by atoms with Gasteiger partial charge < -0.3 is 10.1 Å². The van der Waals surface area contributed by atoms with Gasteiger partial charge in [-0.1, -0.05) is 18.2 Å². The van der Waals surface area contributed by atoms with Gasteiger partial charge in [-0.3, -0.25) is 4.98 Å². The van der Waals surface area contributed by atoms with Crippen LogP contribution in [0.4, 0.5) is 5.69 Å². The Hall–Kier alpha value is -1.77. The van der Waals surface area contributed by atoms with Crippen molar-refractivity contribution >= 4 is 16.6 Å². The van der Waals surface area contributed by atoms with Crippen LogP contribution in [0.2, 0.25) is 0 Å². The van der Waals surface area contributed by atoms with Crippen molar-refractivity contribution in [1.29, 1.82) is 0 Å². The van der Waals surface area contributed by atoms with E-state index in [4.69, 9.17) is 4.74 Å². The van der Waals surface area contributed by atoms with E-state index < -0.39 is 0 Å². The molecule has 2 aromatic rings. The molecule has 2 heterocycles. The molecule has 1 aliphatic heterocycles. The first-order valence-corrected chi connectivity index (χ1v) is 4.69. The van der Waals surface area contributed by atoms with Crippen molar-refractivity contribution in [1.82, 2.24) is 4.98 Å². The second kappa shape index (κ2) is 2.87. The van der Waals surface area contributed by atoms with E-state index in [1.165, 1.54) is 0 Å². The molecule has 1 N–H and O–H groups in total. The van der Waals surface area contributed by atoms with Crippen LogP contribution in [0.1, 0.15) is 0 Å². The predicted octanol–water partition coefficient (Wildman–Crippen LogP) is 2.04. The number of nitrogens with one attached hydrogen (secondary N) is 1. The molecule has 70 valence electrons. The number of nitrogens with zero attached hydrogens (tertiary/aromatic N) is 1. The quantitative estimate of drug-likeness (QED) is 0.683. The zero-order chi connectivity index (χ0) is 9.38. The summed E-state index contributed by atoms with van der Waals surface area (Å²) in [6.45, 7) is 1.58. The smallest absolute Gasteiger partial charge is 0.161 e. The lowest BCUT2D eigenvalue weighted by Crippen LogP contribution is -2.18. The molecule has 1 aliphatic rings. The fraction of sp³-hybridized carbons (Fsp3) is 0.182. The second-order valence-corrected chi connectivity index (χ2v) is 3.29. The van der Waals surface area contributed by atoms with Crippen molar-refractivity contribution in [2.24, 2.45) is 0 Å². The lowest BCUT2D eigenvalue weighted by Gasteiger charge is -2.19. The van der Waals surface area contributed by atoms with E-state index in [-0.39, 0.29) is 0 Å². The maximum absolute atomic E-state index is 5.51. The Labute approximate surface area is 81.7 Å². The molecule has 0 unspecified atom stereocenters. The molecule has 0 spiro atoms. The lowest BCUT2D eigenvalue weighted by atomic mass is 10.1. The first kappa shape index (κ1) is 7.62. The van der Waals surface area contributed by atoms with Gasteiger partial charge in [0.05, 0.1) is 17.4 Å². The number of aromatic nitrogens is 1. The summed E-state index contributed by atoms with van der Waals surface area (Å²) in [6, 6.07) is 8.07. The zero-order valence-corrected chi connectivity index (χ0v) is 7.66. The standard InChI is InChI=1S/C11H10N2O/c1-2-4-9-8(3-1)11-10(7-13-9)14-6-5-12-11/h1-4,7,12H,5-6H2. The number of para-hydroxylation sites is 1. The maximum atomic E-state index is 5.51. The molecule has 0 amide bonds. The third-order valence-corrected chi connectivity index (χ3v) is 2.40. The number of hydrogen-bond donors (Lipinski definition) is 1. The highest BCUT2D eigenvalue weighted by atomic mass is 16.5. The van der Waals surface area contributed by atoms with Crippen molar-refractivity contribution in [3.63, 3.8) is 0 Å². The van der Waals surface area contributed by atoms with Crippen LogP contribution in [0.5, 0.6) is 5.75 Å². The Morgan fingerprint density at radius 2 is 2.21 bits per heavy atom. The number of hydrogen-bond acceptors (Lipinski definition) is 3. The predicted molar refractivity (Wildman–Crippen MR) is 55.7 cm³/mol. The molecule has 0 fully saturated rings. The molecular formula is C11H10N2O. The highest BCUT2D eigenvalue weighted by Crippen LogP contribution is 2.32. The van der Waals surface area contributed by atoms with E-state index in [0.717, 1.165) is 28.9 Å². The average Bonchev–Trinajstić information content (AvgIpc) is 2.29. The molecule has 3 rings (SSSR count). The molecule has 3 nitrogen and oxygen atoms in total. The van der Waals surface area contributed by atoms with Crippen molar-refractivity contribution in [2.75, 3.05) is 18.5 Å². The third-order valence-electron chi connectivity index (χ3n) is 2.40. The van der Waals surface area contributed by atoms with E-state index in [9.17, 15) is 0 Å². The summed E-state index contributed by atoms with van der Waals surface area (Å²) in [5.41, 5.74) is 2.08. The van der Waals surface area contributed by atoms with Gasteiger partial charge in [0.1, 0.15) is 6.61 Å². The van der Waals surface area contributed by atoms with Gasteiger partial charge in [-0.15, -0.1) is 0 Å². The first-order chi connectivity index (χ1) is 6.95. The topological polar surface area (TPSA) is 34.1 Å². The molecule has 0 aliphatic carbocycles. The largest absolute Gasteiger partial charge is 0.488 e. The van der Waals surface area contributed by atoms with Gasteiger partial charge in [0, 0.05) is 11.9 Å². The SMILES string of the molecule is c1ccc2c3c(cnc2c1)OCCN3. The summed E-state index contributed by atoms with van der Waals surface area (Å²) >= 11 is 0. The Morgan fingerprint density at radius 3 is 3.21 bits per heavy atom. The van der Waals surface area contributed by atoms with Gasteiger partial charge in [-0.05, 0) is 6.07 Å². The van der Waals surface area contributed by atoms with Gasteiger partial charge in [-0.25, -0.2) is 0 Å². The fourth-order valence-electron chi connectivity index (χ4n) is 1.75. The molecular weight excluding hydrogens is 176 g/mol. The second-order valence-electron chi connectivity index (χ2n) is 3.29. The lowest BCUT2D eigenvalue weighted by molar-refractivity contribution is 0.323. The van der Waals surface area contributed by atoms with Gasteiger partial charge in [0.15, 0.2) is 5.75 Å². The molecule has 3 heteroatoms. The van der Waals surface area contributed by atoms with Crippen LogP contribution >= 0.6 is 0 Å². The molecule has 0 bridgehead atoms. The van der Waals surface area contributed by atoms with E-state index >= 15 is 0 Å². The minimum atomic E-state index is 0.715. The van der Waals surface area contributed by atoms with Gasteiger partial charge in [0.25, 0.3) is 0 Å². The number of pyridine rings is 1. The normalized spacial score (nSPS) is 14.3. The van der Waals surface area contributed by atoms with E-state index in [0.29, 0.717) is 6.61 Å². The van der Waals surface area contributed by atoms with Crippen LogP contribution in [0.3, 0.4) is 0 Å². The number of anilines is 1. The zero-order valence-electron chi connectivity index (χ0n) is 7.66. The molecule has 0 saturated heterocycles. The summed E-state index contributed by atoms with van der Waals surface area (Å²) in [7, 11) is 0. The van der Waals surface area contributed by atoms with E-state index in [1.54, 1.807) is 6.20 Å². The Kier molecular flexibility index (Phi) is 1.56. The maximum Gasteiger partial charge on any atom is 0.161 e. The van der Waals surface area contributed by atoms with Gasteiger partial charge in [-0.2, -0.15) is 0 Å². The number of rotatable bonds is 0. The first-order valence-electron chi connectivity index (χ1n) is 4.69. The fourth-order valence-corrected chi connectivity index (χ4v) is 1.75. The van der Waals surface area contributed by atoms with Gasteiger partial charge >= 0.3 is 0 Å². The third kappa shape index (κ3) is 1.02. The molecule has 0 atom stereocenters. The van der Waals surface area contributed by atoms with Crippen LogP contribution in [-0.4, -0.2) is 18.1 Å². The van der Waals surface area contributed by atoms with Crippen LogP contribution in [0.15, 0.2) is 30.5 Å². The highest BCUT2D eigenvalue weighted by molar-refractivity contribution is 5.94. The van der Waals surface area contributed by atoms with Crippen molar-refractivity contribution in [3.8, 4) is 5.75 Å². The Balaban J connectivity index is 2.34. The van der Waals surface area contributed by atoms with E-state index in [1.807, 2.05) is 18.2 Å². The van der Waals surface area contributed by atoms with Crippen molar-refractivity contribution in [3.05, 3.63) is 30.5 Å². The summed E-state index contributed by atoms with van der Waals surface area (Å²) in [5.74, 6) is 0.856. The molecule has 14 heavy (non-hydrogen) atoms. The summed E-state index contributed by atoms with van der Waals surface area (Å²) < 4.78 is 5.51.